The van der Waals surface area contributed by atoms with E-state index in [1.165, 1.54) is 25.4 Å². The number of thiocarbonyl (C=S) groups is 1. The first kappa shape index (κ1) is 22.7. The monoisotopic (exact) mass is 439 g/mol. The molecule has 0 spiro atoms. The minimum atomic E-state index is -3.98. The number of benzene rings is 1. The molecule has 0 unspecified atom stereocenters. The molecular formula is C19H25N3O5S2. The Morgan fingerprint density at radius 2 is 2.00 bits per heavy atom. The third kappa shape index (κ3) is 5.94. The molecule has 1 amide bonds. The molecule has 3 N–H and O–H groups in total. The number of ether oxygens (including phenoxy) is 1. The van der Waals surface area contributed by atoms with Gasteiger partial charge in [-0.3, -0.25) is 9.52 Å². The Kier molecular flexibility index (Phi) is 7.26. The number of carbonyl (C=O) groups excluding carboxylic acids is 1. The third-order valence-corrected chi connectivity index (χ3v) is 5.81. The minimum absolute atomic E-state index is 0.0183. The molecule has 0 aliphatic carbocycles. The molecule has 1 heterocycles. The van der Waals surface area contributed by atoms with Crippen LogP contribution >= 0.6 is 12.2 Å². The maximum Gasteiger partial charge on any atom is 0.267 e. The lowest BCUT2D eigenvalue weighted by Gasteiger charge is -2.24. The van der Waals surface area contributed by atoms with E-state index in [1.807, 2.05) is 13.8 Å². The molecule has 158 valence electrons. The average Bonchev–Trinajstić information content (AvgIpc) is 3.18. The van der Waals surface area contributed by atoms with Crippen LogP contribution in [0.15, 0.2) is 45.9 Å². The van der Waals surface area contributed by atoms with Crippen LogP contribution in [0, 0.1) is 0 Å². The lowest BCUT2D eigenvalue weighted by atomic mass is 10.0. The molecule has 1 aromatic carbocycles. The molecule has 2 aromatic rings. The first-order chi connectivity index (χ1) is 13.6. The van der Waals surface area contributed by atoms with Gasteiger partial charge in [-0.15, -0.1) is 0 Å². The van der Waals surface area contributed by atoms with Crippen LogP contribution in [0.25, 0.3) is 0 Å². The maximum atomic E-state index is 12.7. The summed E-state index contributed by atoms with van der Waals surface area (Å²) in [5.74, 6) is 0.516. The van der Waals surface area contributed by atoms with Crippen molar-refractivity contribution in [1.29, 1.82) is 0 Å². The molecule has 0 fully saturated rings. The van der Waals surface area contributed by atoms with Crippen molar-refractivity contribution < 1.29 is 22.4 Å². The van der Waals surface area contributed by atoms with Crippen LogP contribution < -0.4 is 20.1 Å². The fraction of sp³-hybridized carbons (Fsp3) is 0.368. The van der Waals surface area contributed by atoms with Gasteiger partial charge in [0.25, 0.3) is 10.0 Å². The number of nitrogens with one attached hydrogen (secondary N) is 3. The summed E-state index contributed by atoms with van der Waals surface area (Å²) in [4.78, 5) is 12.4. The Hall–Kier alpha value is -2.59. The van der Waals surface area contributed by atoms with Crippen molar-refractivity contribution in [2.24, 2.45) is 0 Å². The Morgan fingerprint density at radius 1 is 1.28 bits per heavy atom. The largest absolute Gasteiger partial charge is 0.492 e. The summed E-state index contributed by atoms with van der Waals surface area (Å²) in [6, 6.07) is 8.11. The van der Waals surface area contributed by atoms with Crippen LogP contribution in [0.2, 0.25) is 0 Å². The van der Waals surface area contributed by atoms with Gasteiger partial charge in [0.05, 0.1) is 24.8 Å². The SMILES string of the molecule is CCOc1ccc(CC(=O)NC(C)(C)c2ccco2)cc1S(=O)(=O)NC(=S)NC. The Morgan fingerprint density at radius 3 is 2.59 bits per heavy atom. The summed E-state index contributed by atoms with van der Waals surface area (Å²) in [6.07, 6.45) is 1.52. The molecule has 0 radical (unpaired) electrons. The standard InChI is InChI=1S/C19H25N3O5S2/c1-5-26-14-9-8-13(11-15(14)29(24,25)22-18(28)20-4)12-17(23)21-19(2,3)16-7-6-10-27-16/h6-11H,5,12H2,1-4H3,(H,21,23)(H2,20,22,28). The van der Waals surface area contributed by atoms with Crippen molar-refractivity contribution >= 4 is 33.3 Å². The summed E-state index contributed by atoms with van der Waals surface area (Å²) in [5.41, 5.74) is -0.196. The van der Waals surface area contributed by atoms with E-state index in [2.05, 4.69) is 15.4 Å². The third-order valence-electron chi connectivity index (χ3n) is 4.01. The Labute approximate surface area is 176 Å². The molecule has 0 atom stereocenters. The van der Waals surface area contributed by atoms with Gasteiger partial charge in [-0.2, -0.15) is 0 Å². The van der Waals surface area contributed by atoms with Crippen molar-refractivity contribution in [3.8, 4) is 5.75 Å². The van der Waals surface area contributed by atoms with Crippen molar-refractivity contribution in [2.45, 2.75) is 37.6 Å². The van der Waals surface area contributed by atoms with Gasteiger partial charge in [0, 0.05) is 7.05 Å². The van der Waals surface area contributed by atoms with E-state index in [4.69, 9.17) is 21.4 Å². The van der Waals surface area contributed by atoms with E-state index in [9.17, 15) is 13.2 Å². The second-order valence-corrected chi connectivity index (χ2v) is 8.79. The summed E-state index contributed by atoms with van der Waals surface area (Å²) < 4.78 is 38.4. The van der Waals surface area contributed by atoms with Gasteiger partial charge in [-0.25, -0.2) is 8.42 Å². The number of carbonyl (C=O) groups is 1. The molecule has 2 rings (SSSR count). The van der Waals surface area contributed by atoms with Crippen LogP contribution in [0.5, 0.6) is 5.75 Å². The molecule has 0 aliphatic rings. The molecule has 10 heteroatoms. The van der Waals surface area contributed by atoms with E-state index < -0.39 is 15.6 Å². The summed E-state index contributed by atoms with van der Waals surface area (Å²) in [5, 5.41) is 5.40. The van der Waals surface area contributed by atoms with Gasteiger partial charge < -0.3 is 19.8 Å². The van der Waals surface area contributed by atoms with Gasteiger partial charge in [0.2, 0.25) is 5.91 Å². The van der Waals surface area contributed by atoms with Crippen LogP contribution in [-0.4, -0.2) is 33.1 Å². The number of amides is 1. The van der Waals surface area contributed by atoms with Crippen LogP contribution in [0.4, 0.5) is 0 Å². The average molecular weight is 440 g/mol. The highest BCUT2D eigenvalue weighted by Gasteiger charge is 2.26. The Balaban J connectivity index is 2.25. The molecule has 0 saturated heterocycles. The van der Waals surface area contributed by atoms with Gasteiger partial charge in [-0.1, -0.05) is 6.07 Å². The summed E-state index contributed by atoms with van der Waals surface area (Å²) in [7, 11) is -2.47. The van der Waals surface area contributed by atoms with Crippen molar-refractivity contribution in [2.75, 3.05) is 13.7 Å². The molecule has 1 aromatic heterocycles. The number of rotatable bonds is 8. The number of sulfonamides is 1. The fourth-order valence-corrected chi connectivity index (χ4v) is 4.13. The lowest BCUT2D eigenvalue weighted by Crippen LogP contribution is -2.41. The highest BCUT2D eigenvalue weighted by molar-refractivity contribution is 7.92. The Bertz CT molecular complexity index is 970. The normalized spacial score (nSPS) is 11.6. The molecular weight excluding hydrogens is 414 g/mol. The zero-order chi connectivity index (χ0) is 21.7. The number of furan rings is 1. The predicted molar refractivity (Wildman–Crippen MR) is 113 cm³/mol. The second kappa shape index (κ2) is 9.27. The van der Waals surface area contributed by atoms with Crippen LogP contribution in [-0.2, 0) is 26.8 Å². The predicted octanol–water partition coefficient (Wildman–Crippen LogP) is 2.05. The van der Waals surface area contributed by atoms with Crippen molar-refractivity contribution in [3.63, 3.8) is 0 Å². The molecule has 29 heavy (non-hydrogen) atoms. The molecule has 0 bridgehead atoms. The molecule has 0 aliphatic heterocycles. The van der Waals surface area contributed by atoms with Crippen LogP contribution in [0.1, 0.15) is 32.1 Å². The van der Waals surface area contributed by atoms with Crippen molar-refractivity contribution in [1.82, 2.24) is 15.4 Å². The first-order valence-electron chi connectivity index (χ1n) is 8.94. The topological polar surface area (TPSA) is 110 Å². The number of hydrogen-bond acceptors (Lipinski definition) is 6. The molecule has 0 saturated carbocycles. The van der Waals surface area contributed by atoms with Crippen LogP contribution in [0.3, 0.4) is 0 Å². The van der Waals surface area contributed by atoms with E-state index in [0.29, 0.717) is 11.3 Å². The highest BCUT2D eigenvalue weighted by Crippen LogP contribution is 2.26. The summed E-state index contributed by atoms with van der Waals surface area (Å²) in [6.45, 7) is 5.68. The van der Waals surface area contributed by atoms with Gasteiger partial charge >= 0.3 is 0 Å². The minimum Gasteiger partial charge on any atom is -0.492 e. The smallest absolute Gasteiger partial charge is 0.267 e. The molecule has 8 nitrogen and oxygen atoms in total. The lowest BCUT2D eigenvalue weighted by molar-refractivity contribution is -0.122. The van der Waals surface area contributed by atoms with E-state index in [1.54, 1.807) is 25.1 Å². The summed E-state index contributed by atoms with van der Waals surface area (Å²) >= 11 is 4.90. The van der Waals surface area contributed by atoms with E-state index in [0.717, 1.165) is 0 Å². The van der Waals surface area contributed by atoms with E-state index in [-0.39, 0.29) is 34.7 Å². The zero-order valence-corrected chi connectivity index (χ0v) is 18.4. The van der Waals surface area contributed by atoms with Crippen molar-refractivity contribution in [3.05, 3.63) is 47.9 Å². The fourth-order valence-electron chi connectivity index (χ4n) is 2.65. The van der Waals surface area contributed by atoms with Gasteiger partial charge in [-0.05, 0) is 62.8 Å². The maximum absolute atomic E-state index is 12.7. The highest BCUT2D eigenvalue weighted by atomic mass is 32.2. The van der Waals surface area contributed by atoms with E-state index >= 15 is 0 Å². The number of hydrogen-bond donors (Lipinski definition) is 3. The quantitative estimate of drug-likeness (QED) is 0.540. The van der Waals surface area contributed by atoms with Gasteiger partial charge in [0.1, 0.15) is 16.4 Å². The van der Waals surface area contributed by atoms with Gasteiger partial charge in [0.15, 0.2) is 5.11 Å². The zero-order valence-electron chi connectivity index (χ0n) is 16.7. The second-order valence-electron chi connectivity index (χ2n) is 6.73. The first-order valence-corrected chi connectivity index (χ1v) is 10.8.